The molecule has 0 aromatic heterocycles. The summed E-state index contributed by atoms with van der Waals surface area (Å²) in [5, 5.41) is 0.203. The van der Waals surface area contributed by atoms with Crippen LogP contribution in [0.4, 0.5) is 4.39 Å². The lowest BCUT2D eigenvalue weighted by Crippen LogP contribution is -2.39. The van der Waals surface area contributed by atoms with Gasteiger partial charge in [-0.3, -0.25) is 11.3 Å². The van der Waals surface area contributed by atoms with Crippen LogP contribution in [0, 0.1) is 11.7 Å². The summed E-state index contributed by atoms with van der Waals surface area (Å²) in [4.78, 5) is 0. The third-order valence-electron chi connectivity index (χ3n) is 4.27. The van der Waals surface area contributed by atoms with Gasteiger partial charge in [0.1, 0.15) is 5.82 Å². The summed E-state index contributed by atoms with van der Waals surface area (Å²) in [7, 11) is 0. The molecule has 0 aliphatic heterocycles. The summed E-state index contributed by atoms with van der Waals surface area (Å²) in [6.07, 6.45) is 1.74. The molecule has 1 saturated carbocycles. The molecule has 0 bridgehead atoms. The third kappa shape index (κ3) is 3.10. The SMILES string of the molecule is NNC(Cc1cccc(F)c1Cl)C1CC1c1ccccc1. The molecule has 3 N–H and O–H groups in total. The Labute approximate surface area is 129 Å². The molecule has 3 atom stereocenters. The van der Waals surface area contributed by atoms with Gasteiger partial charge in [-0.05, 0) is 41.9 Å². The Morgan fingerprint density at radius 3 is 2.67 bits per heavy atom. The molecule has 2 aromatic carbocycles. The van der Waals surface area contributed by atoms with Crippen molar-refractivity contribution in [3.8, 4) is 0 Å². The molecule has 3 unspecified atom stereocenters. The van der Waals surface area contributed by atoms with Crippen LogP contribution in [-0.4, -0.2) is 6.04 Å². The zero-order valence-electron chi connectivity index (χ0n) is 11.6. The summed E-state index contributed by atoms with van der Waals surface area (Å²) in [6, 6.07) is 15.4. The fourth-order valence-electron chi connectivity index (χ4n) is 3.02. The van der Waals surface area contributed by atoms with E-state index in [1.54, 1.807) is 6.07 Å². The van der Waals surface area contributed by atoms with Crippen LogP contribution in [0.2, 0.25) is 5.02 Å². The molecule has 0 saturated heterocycles. The molecule has 4 heteroatoms. The molecule has 2 aromatic rings. The number of nitrogens with one attached hydrogen (secondary N) is 1. The fraction of sp³-hybridized carbons (Fsp3) is 0.294. The topological polar surface area (TPSA) is 38.0 Å². The Kier molecular flexibility index (Phi) is 4.24. The van der Waals surface area contributed by atoms with Crippen LogP contribution >= 0.6 is 11.6 Å². The second-order valence-electron chi connectivity index (χ2n) is 5.61. The monoisotopic (exact) mass is 304 g/mol. The standard InChI is InChI=1S/C17H18ClFN2/c18-17-12(7-4-8-15(17)19)9-16(21-20)14-10-13(14)11-5-2-1-3-6-11/h1-8,13-14,16,21H,9-10,20H2. The molecule has 2 nitrogen and oxygen atoms in total. The van der Waals surface area contributed by atoms with Crippen molar-refractivity contribution < 1.29 is 4.39 Å². The van der Waals surface area contributed by atoms with Gasteiger partial charge in [-0.15, -0.1) is 0 Å². The average Bonchev–Trinajstić information content (AvgIpc) is 3.30. The van der Waals surface area contributed by atoms with Crippen molar-refractivity contribution in [2.45, 2.75) is 24.8 Å². The summed E-state index contributed by atoms with van der Waals surface area (Å²) in [5.41, 5.74) is 5.02. The van der Waals surface area contributed by atoms with E-state index in [0.29, 0.717) is 18.3 Å². The predicted octanol–water partition coefficient (Wildman–Crippen LogP) is 3.66. The van der Waals surface area contributed by atoms with Gasteiger partial charge in [0.2, 0.25) is 0 Å². The van der Waals surface area contributed by atoms with Crippen molar-refractivity contribution in [2.75, 3.05) is 0 Å². The lowest BCUT2D eigenvalue weighted by molar-refractivity contribution is 0.463. The van der Waals surface area contributed by atoms with Gasteiger partial charge in [0.25, 0.3) is 0 Å². The Bertz CT molecular complexity index is 617. The van der Waals surface area contributed by atoms with E-state index in [4.69, 9.17) is 17.4 Å². The molecular formula is C17H18ClFN2. The van der Waals surface area contributed by atoms with E-state index in [-0.39, 0.29) is 16.9 Å². The van der Waals surface area contributed by atoms with Crippen LogP contribution in [0.25, 0.3) is 0 Å². The number of hydrazine groups is 1. The second-order valence-corrected chi connectivity index (χ2v) is 5.98. The number of benzene rings is 2. The summed E-state index contributed by atoms with van der Waals surface area (Å²) >= 11 is 6.03. The van der Waals surface area contributed by atoms with Gasteiger partial charge in [0.15, 0.2) is 0 Å². The summed E-state index contributed by atoms with van der Waals surface area (Å²) in [5.74, 6) is 6.33. The first-order valence-electron chi connectivity index (χ1n) is 7.14. The van der Waals surface area contributed by atoms with Crippen LogP contribution in [0.15, 0.2) is 48.5 Å². The van der Waals surface area contributed by atoms with E-state index in [1.807, 2.05) is 12.1 Å². The maximum Gasteiger partial charge on any atom is 0.142 e. The van der Waals surface area contributed by atoms with E-state index in [9.17, 15) is 4.39 Å². The Morgan fingerprint density at radius 1 is 1.19 bits per heavy atom. The minimum absolute atomic E-state index is 0.106. The quantitative estimate of drug-likeness (QED) is 0.653. The third-order valence-corrected chi connectivity index (χ3v) is 4.69. The van der Waals surface area contributed by atoms with Crippen LogP contribution in [0.3, 0.4) is 0 Å². The Hall–Kier alpha value is -1.42. The zero-order chi connectivity index (χ0) is 14.8. The first kappa shape index (κ1) is 14.5. The van der Waals surface area contributed by atoms with Crippen molar-refractivity contribution in [3.05, 3.63) is 70.5 Å². The van der Waals surface area contributed by atoms with Crippen LogP contribution in [-0.2, 0) is 6.42 Å². The molecule has 0 radical (unpaired) electrons. The van der Waals surface area contributed by atoms with Crippen molar-refractivity contribution >= 4 is 11.6 Å². The molecule has 21 heavy (non-hydrogen) atoms. The molecule has 1 aliphatic rings. The molecule has 110 valence electrons. The van der Waals surface area contributed by atoms with Gasteiger partial charge < -0.3 is 0 Å². The number of hydrogen-bond donors (Lipinski definition) is 2. The van der Waals surface area contributed by atoms with E-state index in [1.165, 1.54) is 11.6 Å². The van der Waals surface area contributed by atoms with Gasteiger partial charge >= 0.3 is 0 Å². The predicted molar refractivity (Wildman–Crippen MR) is 83.5 cm³/mol. The van der Waals surface area contributed by atoms with Gasteiger partial charge in [0, 0.05) is 6.04 Å². The van der Waals surface area contributed by atoms with Crippen molar-refractivity contribution in [1.29, 1.82) is 0 Å². The van der Waals surface area contributed by atoms with Crippen LogP contribution in [0.5, 0.6) is 0 Å². The summed E-state index contributed by atoms with van der Waals surface area (Å²) < 4.78 is 13.5. The maximum atomic E-state index is 13.5. The van der Waals surface area contributed by atoms with E-state index in [2.05, 4.69) is 29.7 Å². The van der Waals surface area contributed by atoms with Crippen molar-refractivity contribution in [3.63, 3.8) is 0 Å². The Balaban J connectivity index is 1.71. The van der Waals surface area contributed by atoms with Crippen LogP contribution in [0.1, 0.15) is 23.5 Å². The Morgan fingerprint density at radius 2 is 1.95 bits per heavy atom. The smallest absolute Gasteiger partial charge is 0.142 e. The zero-order valence-corrected chi connectivity index (χ0v) is 12.4. The molecule has 3 rings (SSSR count). The van der Waals surface area contributed by atoms with E-state index in [0.717, 1.165) is 12.0 Å². The number of halogens is 2. The second kappa shape index (κ2) is 6.14. The average molecular weight is 305 g/mol. The van der Waals surface area contributed by atoms with Crippen LogP contribution < -0.4 is 11.3 Å². The number of rotatable bonds is 5. The minimum Gasteiger partial charge on any atom is -0.271 e. The molecule has 1 fully saturated rings. The van der Waals surface area contributed by atoms with Crippen molar-refractivity contribution in [1.82, 2.24) is 5.43 Å². The normalized spacial score (nSPS) is 22.0. The van der Waals surface area contributed by atoms with Gasteiger partial charge in [-0.25, -0.2) is 4.39 Å². The molecule has 0 heterocycles. The highest BCUT2D eigenvalue weighted by molar-refractivity contribution is 6.31. The van der Waals surface area contributed by atoms with Gasteiger partial charge in [-0.1, -0.05) is 54.1 Å². The lowest BCUT2D eigenvalue weighted by Gasteiger charge is -2.17. The molecule has 0 spiro atoms. The molecular weight excluding hydrogens is 287 g/mol. The number of nitrogens with two attached hydrogens (primary N) is 1. The highest BCUT2D eigenvalue weighted by Crippen LogP contribution is 2.50. The molecule has 1 aliphatic carbocycles. The fourth-order valence-corrected chi connectivity index (χ4v) is 3.22. The maximum absolute atomic E-state index is 13.5. The lowest BCUT2D eigenvalue weighted by atomic mass is 9.99. The number of hydrogen-bond acceptors (Lipinski definition) is 2. The van der Waals surface area contributed by atoms with Crippen molar-refractivity contribution in [2.24, 2.45) is 11.8 Å². The highest BCUT2D eigenvalue weighted by atomic mass is 35.5. The highest BCUT2D eigenvalue weighted by Gasteiger charge is 2.43. The van der Waals surface area contributed by atoms with Gasteiger partial charge in [0.05, 0.1) is 5.02 Å². The first-order chi connectivity index (χ1) is 10.2. The largest absolute Gasteiger partial charge is 0.271 e. The molecule has 0 amide bonds. The van der Waals surface area contributed by atoms with Gasteiger partial charge in [-0.2, -0.15) is 0 Å². The minimum atomic E-state index is -0.375. The van der Waals surface area contributed by atoms with E-state index < -0.39 is 0 Å². The summed E-state index contributed by atoms with van der Waals surface area (Å²) in [6.45, 7) is 0. The van der Waals surface area contributed by atoms with E-state index >= 15 is 0 Å². The first-order valence-corrected chi connectivity index (χ1v) is 7.52.